The number of carbonyl (C=O) groups is 1. The Labute approximate surface area is 89.7 Å². The van der Waals surface area contributed by atoms with Crippen LogP contribution >= 0.6 is 0 Å². The van der Waals surface area contributed by atoms with Crippen molar-refractivity contribution in [1.82, 2.24) is 0 Å². The van der Waals surface area contributed by atoms with Crippen molar-refractivity contribution in [2.75, 3.05) is 5.32 Å². The first-order chi connectivity index (χ1) is 7.13. The molecule has 0 aliphatic rings. The number of carbonyl (C=O) groups excluding carboxylic acids is 1. The SMILES string of the molecule is C#CCC(N)C(=O)Nc1cccc(C)c1. The lowest BCUT2D eigenvalue weighted by atomic mass is 10.2. The Hall–Kier alpha value is -1.79. The van der Waals surface area contributed by atoms with E-state index in [9.17, 15) is 4.79 Å². The molecule has 1 aromatic carbocycles. The second-order valence-electron chi connectivity index (χ2n) is 3.37. The van der Waals surface area contributed by atoms with Gasteiger partial charge in [0.2, 0.25) is 5.91 Å². The number of rotatable bonds is 3. The van der Waals surface area contributed by atoms with Gasteiger partial charge >= 0.3 is 0 Å². The molecule has 1 atom stereocenters. The number of aryl methyl sites for hydroxylation is 1. The van der Waals surface area contributed by atoms with E-state index in [0.717, 1.165) is 11.3 Å². The number of amides is 1. The van der Waals surface area contributed by atoms with Crippen LogP contribution in [0.3, 0.4) is 0 Å². The van der Waals surface area contributed by atoms with Crippen molar-refractivity contribution in [2.45, 2.75) is 19.4 Å². The van der Waals surface area contributed by atoms with Crippen molar-refractivity contribution >= 4 is 11.6 Å². The monoisotopic (exact) mass is 202 g/mol. The van der Waals surface area contributed by atoms with E-state index in [1.165, 1.54) is 0 Å². The molecular weight excluding hydrogens is 188 g/mol. The summed E-state index contributed by atoms with van der Waals surface area (Å²) in [5, 5.41) is 2.71. The van der Waals surface area contributed by atoms with E-state index in [0.29, 0.717) is 0 Å². The second kappa shape index (κ2) is 5.18. The molecular formula is C12H14N2O. The first-order valence-electron chi connectivity index (χ1n) is 4.70. The Morgan fingerprint density at radius 1 is 1.67 bits per heavy atom. The van der Waals surface area contributed by atoms with Crippen LogP contribution in [-0.4, -0.2) is 11.9 Å². The quantitative estimate of drug-likeness (QED) is 0.725. The minimum atomic E-state index is -0.643. The molecule has 15 heavy (non-hydrogen) atoms. The van der Waals surface area contributed by atoms with Crippen molar-refractivity contribution in [3.63, 3.8) is 0 Å². The Morgan fingerprint density at radius 2 is 2.40 bits per heavy atom. The average molecular weight is 202 g/mol. The van der Waals surface area contributed by atoms with Crippen molar-refractivity contribution in [3.05, 3.63) is 29.8 Å². The van der Waals surface area contributed by atoms with Crippen molar-refractivity contribution < 1.29 is 4.79 Å². The van der Waals surface area contributed by atoms with Gasteiger partial charge in [-0.1, -0.05) is 12.1 Å². The predicted molar refractivity (Wildman–Crippen MR) is 61.2 cm³/mol. The molecule has 0 aromatic heterocycles. The van der Waals surface area contributed by atoms with Crippen LogP contribution in [0.4, 0.5) is 5.69 Å². The lowest BCUT2D eigenvalue weighted by Gasteiger charge is -2.09. The molecule has 0 radical (unpaired) electrons. The number of terminal acetylenes is 1. The van der Waals surface area contributed by atoms with Crippen molar-refractivity contribution in [3.8, 4) is 12.3 Å². The van der Waals surface area contributed by atoms with Crippen LogP contribution in [0.25, 0.3) is 0 Å². The summed E-state index contributed by atoms with van der Waals surface area (Å²) >= 11 is 0. The van der Waals surface area contributed by atoms with Crippen LogP contribution in [0.5, 0.6) is 0 Å². The van der Waals surface area contributed by atoms with Gasteiger partial charge in [-0.05, 0) is 24.6 Å². The maximum atomic E-state index is 11.5. The lowest BCUT2D eigenvalue weighted by Crippen LogP contribution is -2.35. The standard InChI is InChI=1S/C12H14N2O/c1-3-5-11(13)12(15)14-10-7-4-6-9(2)8-10/h1,4,6-8,11H,5,13H2,2H3,(H,14,15). The number of benzene rings is 1. The van der Waals surface area contributed by atoms with E-state index in [2.05, 4.69) is 11.2 Å². The first-order valence-corrected chi connectivity index (χ1v) is 4.70. The van der Waals surface area contributed by atoms with E-state index in [1.54, 1.807) is 0 Å². The van der Waals surface area contributed by atoms with Crippen LogP contribution in [-0.2, 0) is 4.79 Å². The number of nitrogens with one attached hydrogen (secondary N) is 1. The fourth-order valence-electron chi connectivity index (χ4n) is 1.18. The van der Waals surface area contributed by atoms with Gasteiger partial charge in [-0.15, -0.1) is 12.3 Å². The zero-order valence-corrected chi connectivity index (χ0v) is 8.66. The van der Waals surface area contributed by atoms with E-state index < -0.39 is 6.04 Å². The molecule has 0 spiro atoms. The molecule has 0 bridgehead atoms. The Morgan fingerprint density at radius 3 is 3.00 bits per heavy atom. The summed E-state index contributed by atoms with van der Waals surface area (Å²) in [6.45, 7) is 1.96. The molecule has 0 aliphatic heterocycles. The third kappa shape index (κ3) is 3.45. The fourth-order valence-corrected chi connectivity index (χ4v) is 1.18. The molecule has 0 heterocycles. The minimum Gasteiger partial charge on any atom is -0.325 e. The largest absolute Gasteiger partial charge is 0.325 e. The molecule has 0 aliphatic carbocycles. The molecule has 0 fully saturated rings. The lowest BCUT2D eigenvalue weighted by molar-refractivity contribution is -0.117. The van der Waals surface area contributed by atoms with Gasteiger partial charge in [-0.3, -0.25) is 4.79 Å². The molecule has 0 saturated carbocycles. The van der Waals surface area contributed by atoms with Crippen LogP contribution in [0.1, 0.15) is 12.0 Å². The van der Waals surface area contributed by atoms with Gasteiger partial charge in [0.1, 0.15) is 0 Å². The summed E-state index contributed by atoms with van der Waals surface area (Å²) in [6, 6.07) is 6.87. The summed E-state index contributed by atoms with van der Waals surface area (Å²) in [5.41, 5.74) is 7.38. The Bertz CT molecular complexity index is 393. The topological polar surface area (TPSA) is 55.1 Å². The third-order valence-corrected chi connectivity index (χ3v) is 1.96. The number of hydrogen-bond donors (Lipinski definition) is 2. The van der Waals surface area contributed by atoms with E-state index in [-0.39, 0.29) is 12.3 Å². The molecule has 1 rings (SSSR count). The highest BCUT2D eigenvalue weighted by Crippen LogP contribution is 2.09. The van der Waals surface area contributed by atoms with E-state index in [1.807, 2.05) is 31.2 Å². The van der Waals surface area contributed by atoms with Gasteiger partial charge in [-0.2, -0.15) is 0 Å². The first kappa shape index (κ1) is 11.3. The van der Waals surface area contributed by atoms with Crippen molar-refractivity contribution in [1.29, 1.82) is 0 Å². The maximum absolute atomic E-state index is 11.5. The molecule has 1 amide bonds. The molecule has 3 N–H and O–H groups in total. The zero-order chi connectivity index (χ0) is 11.3. The van der Waals surface area contributed by atoms with Gasteiger partial charge in [-0.25, -0.2) is 0 Å². The third-order valence-electron chi connectivity index (χ3n) is 1.96. The van der Waals surface area contributed by atoms with Gasteiger partial charge in [0.05, 0.1) is 6.04 Å². The summed E-state index contributed by atoms with van der Waals surface area (Å²) < 4.78 is 0. The highest BCUT2D eigenvalue weighted by Gasteiger charge is 2.11. The van der Waals surface area contributed by atoms with E-state index >= 15 is 0 Å². The highest BCUT2D eigenvalue weighted by atomic mass is 16.2. The summed E-state index contributed by atoms with van der Waals surface area (Å²) in [4.78, 5) is 11.5. The van der Waals surface area contributed by atoms with E-state index in [4.69, 9.17) is 12.2 Å². The van der Waals surface area contributed by atoms with Crippen LogP contribution in [0.15, 0.2) is 24.3 Å². The normalized spacial score (nSPS) is 11.5. The predicted octanol–water partition coefficient (Wildman–Crippen LogP) is 1.28. The van der Waals surface area contributed by atoms with Gasteiger partial charge < -0.3 is 11.1 Å². The Kier molecular flexibility index (Phi) is 3.90. The van der Waals surface area contributed by atoms with Gasteiger partial charge in [0, 0.05) is 12.1 Å². The van der Waals surface area contributed by atoms with Crippen LogP contribution < -0.4 is 11.1 Å². The molecule has 78 valence electrons. The maximum Gasteiger partial charge on any atom is 0.242 e. The summed E-state index contributed by atoms with van der Waals surface area (Å²) in [5.74, 6) is 2.11. The zero-order valence-electron chi connectivity index (χ0n) is 8.66. The summed E-state index contributed by atoms with van der Waals surface area (Å²) in [7, 11) is 0. The highest BCUT2D eigenvalue weighted by molar-refractivity contribution is 5.94. The van der Waals surface area contributed by atoms with Gasteiger partial charge in [0.15, 0.2) is 0 Å². The number of hydrogen-bond acceptors (Lipinski definition) is 2. The smallest absolute Gasteiger partial charge is 0.242 e. The summed E-state index contributed by atoms with van der Waals surface area (Å²) in [6.07, 6.45) is 5.32. The average Bonchev–Trinajstić information content (AvgIpc) is 2.18. The minimum absolute atomic E-state index is 0.248. The van der Waals surface area contributed by atoms with Gasteiger partial charge in [0.25, 0.3) is 0 Å². The van der Waals surface area contributed by atoms with Crippen LogP contribution in [0.2, 0.25) is 0 Å². The molecule has 1 unspecified atom stereocenters. The van der Waals surface area contributed by atoms with Crippen LogP contribution in [0, 0.1) is 19.3 Å². The number of anilines is 1. The number of nitrogens with two attached hydrogens (primary N) is 1. The molecule has 3 nitrogen and oxygen atoms in total. The van der Waals surface area contributed by atoms with Crippen molar-refractivity contribution in [2.24, 2.45) is 5.73 Å². The fraction of sp³-hybridized carbons (Fsp3) is 0.250. The molecule has 3 heteroatoms. The molecule has 1 aromatic rings. The second-order valence-corrected chi connectivity index (χ2v) is 3.37. The Balaban J connectivity index is 2.63. The molecule has 0 saturated heterocycles.